The highest BCUT2D eigenvalue weighted by molar-refractivity contribution is 5.89. The number of rotatable bonds is 2. The topological polar surface area (TPSA) is 67.2 Å². The number of carbonyl (C=O) groups is 1. The highest BCUT2D eigenvalue weighted by atomic mass is 16.2. The van der Waals surface area contributed by atoms with Crippen molar-refractivity contribution in [3.8, 4) is 11.8 Å². The second-order valence-electron chi connectivity index (χ2n) is 5.47. The standard InChI is InChI=1S/C17H23N3O/c1-13-12-16(10-9-14(13)6-5-11-18)20-17(21)19-15-7-3-2-4-8-15/h9-10,12,15H,2-4,7-8,11,18H2,1H3,(H2,19,20,21). The van der Waals surface area contributed by atoms with Crippen molar-refractivity contribution in [2.75, 3.05) is 11.9 Å². The molecule has 0 radical (unpaired) electrons. The first kappa shape index (κ1) is 15.4. The van der Waals surface area contributed by atoms with Gasteiger partial charge in [-0.15, -0.1) is 0 Å². The van der Waals surface area contributed by atoms with Crippen LogP contribution in [0.15, 0.2) is 18.2 Å². The Balaban J connectivity index is 1.92. The third kappa shape index (κ3) is 4.80. The minimum Gasteiger partial charge on any atom is -0.335 e. The third-order valence-electron chi connectivity index (χ3n) is 3.75. The fourth-order valence-corrected chi connectivity index (χ4v) is 2.63. The van der Waals surface area contributed by atoms with Crippen LogP contribution in [0.5, 0.6) is 0 Å². The molecule has 0 unspecified atom stereocenters. The van der Waals surface area contributed by atoms with E-state index in [1.807, 2.05) is 25.1 Å². The molecule has 1 aromatic carbocycles. The average Bonchev–Trinajstić information content (AvgIpc) is 2.47. The molecule has 0 bridgehead atoms. The van der Waals surface area contributed by atoms with Gasteiger partial charge in [-0.1, -0.05) is 31.1 Å². The fourth-order valence-electron chi connectivity index (χ4n) is 2.63. The van der Waals surface area contributed by atoms with Gasteiger partial charge in [0.05, 0.1) is 6.54 Å². The van der Waals surface area contributed by atoms with Crippen molar-refractivity contribution < 1.29 is 4.79 Å². The van der Waals surface area contributed by atoms with E-state index in [1.165, 1.54) is 19.3 Å². The average molecular weight is 285 g/mol. The Morgan fingerprint density at radius 3 is 2.76 bits per heavy atom. The van der Waals surface area contributed by atoms with Crippen molar-refractivity contribution in [1.29, 1.82) is 0 Å². The Hall–Kier alpha value is -1.99. The molecule has 1 saturated carbocycles. The van der Waals surface area contributed by atoms with Crippen LogP contribution in [0.25, 0.3) is 0 Å². The summed E-state index contributed by atoms with van der Waals surface area (Å²) < 4.78 is 0. The van der Waals surface area contributed by atoms with Gasteiger partial charge in [0.2, 0.25) is 0 Å². The molecule has 4 N–H and O–H groups in total. The minimum atomic E-state index is -0.123. The molecule has 0 spiro atoms. The van der Waals surface area contributed by atoms with Crippen molar-refractivity contribution >= 4 is 11.7 Å². The Morgan fingerprint density at radius 1 is 1.33 bits per heavy atom. The molecule has 112 valence electrons. The van der Waals surface area contributed by atoms with Crippen molar-refractivity contribution in [2.45, 2.75) is 45.1 Å². The van der Waals surface area contributed by atoms with Gasteiger partial charge < -0.3 is 16.4 Å². The first-order chi connectivity index (χ1) is 10.2. The van der Waals surface area contributed by atoms with Gasteiger partial charge in [0.1, 0.15) is 0 Å². The van der Waals surface area contributed by atoms with Crippen LogP contribution in [0.3, 0.4) is 0 Å². The molecule has 0 saturated heterocycles. The summed E-state index contributed by atoms with van der Waals surface area (Å²) in [5, 5.41) is 5.93. The van der Waals surface area contributed by atoms with Crippen LogP contribution < -0.4 is 16.4 Å². The summed E-state index contributed by atoms with van der Waals surface area (Å²) >= 11 is 0. The predicted octanol–water partition coefficient (Wildman–Crippen LogP) is 2.76. The van der Waals surface area contributed by atoms with Crippen LogP contribution in [0.1, 0.15) is 43.2 Å². The quantitative estimate of drug-likeness (QED) is 0.731. The molecule has 0 atom stereocenters. The van der Waals surface area contributed by atoms with Crippen LogP contribution in [-0.4, -0.2) is 18.6 Å². The van der Waals surface area contributed by atoms with E-state index in [-0.39, 0.29) is 6.03 Å². The molecule has 1 aromatic rings. The van der Waals surface area contributed by atoms with Gasteiger partial charge in [-0.2, -0.15) is 0 Å². The van der Waals surface area contributed by atoms with Gasteiger partial charge in [0, 0.05) is 17.3 Å². The lowest BCUT2D eigenvalue weighted by Crippen LogP contribution is -2.39. The lowest BCUT2D eigenvalue weighted by Gasteiger charge is -2.22. The summed E-state index contributed by atoms with van der Waals surface area (Å²) in [4.78, 5) is 12.0. The highest BCUT2D eigenvalue weighted by Crippen LogP contribution is 2.18. The molecule has 0 aromatic heterocycles. The van der Waals surface area contributed by atoms with Crippen molar-refractivity contribution in [3.05, 3.63) is 29.3 Å². The Labute approximate surface area is 126 Å². The van der Waals surface area contributed by atoms with Crippen LogP contribution >= 0.6 is 0 Å². The zero-order chi connectivity index (χ0) is 15.1. The van der Waals surface area contributed by atoms with Crippen LogP contribution in [0.2, 0.25) is 0 Å². The summed E-state index contributed by atoms with van der Waals surface area (Å²) in [5.41, 5.74) is 8.14. The van der Waals surface area contributed by atoms with Gasteiger partial charge in [0.25, 0.3) is 0 Å². The number of aryl methyl sites for hydroxylation is 1. The number of anilines is 1. The largest absolute Gasteiger partial charge is 0.335 e. The second-order valence-corrected chi connectivity index (χ2v) is 5.47. The number of urea groups is 1. The molecule has 2 rings (SSSR count). The fraction of sp³-hybridized carbons (Fsp3) is 0.471. The lowest BCUT2D eigenvalue weighted by atomic mass is 9.96. The number of amides is 2. The summed E-state index contributed by atoms with van der Waals surface area (Å²) in [6.45, 7) is 2.33. The lowest BCUT2D eigenvalue weighted by molar-refractivity contribution is 0.244. The molecule has 21 heavy (non-hydrogen) atoms. The zero-order valence-corrected chi connectivity index (χ0v) is 12.5. The Morgan fingerprint density at radius 2 is 2.10 bits per heavy atom. The maximum Gasteiger partial charge on any atom is 0.319 e. The number of benzene rings is 1. The van der Waals surface area contributed by atoms with E-state index in [4.69, 9.17) is 5.73 Å². The molecular weight excluding hydrogens is 262 g/mol. The van der Waals surface area contributed by atoms with E-state index in [0.29, 0.717) is 12.6 Å². The van der Waals surface area contributed by atoms with Gasteiger partial charge in [-0.3, -0.25) is 0 Å². The molecule has 0 heterocycles. The van der Waals surface area contributed by atoms with Crippen LogP contribution in [0, 0.1) is 18.8 Å². The van der Waals surface area contributed by atoms with Gasteiger partial charge in [-0.05, 0) is 43.5 Å². The summed E-state index contributed by atoms with van der Waals surface area (Å²) in [7, 11) is 0. The first-order valence-corrected chi connectivity index (χ1v) is 7.56. The second kappa shape index (κ2) is 7.70. The van der Waals surface area contributed by atoms with Crippen molar-refractivity contribution in [1.82, 2.24) is 5.32 Å². The van der Waals surface area contributed by atoms with Crippen LogP contribution in [0.4, 0.5) is 10.5 Å². The molecule has 1 fully saturated rings. The first-order valence-electron chi connectivity index (χ1n) is 7.56. The van der Waals surface area contributed by atoms with Crippen molar-refractivity contribution in [2.24, 2.45) is 5.73 Å². The summed E-state index contributed by atoms with van der Waals surface area (Å²) in [5.74, 6) is 5.85. The minimum absolute atomic E-state index is 0.123. The Kier molecular flexibility index (Phi) is 5.65. The smallest absolute Gasteiger partial charge is 0.319 e. The Bertz CT molecular complexity index is 551. The molecule has 4 nitrogen and oxygen atoms in total. The number of nitrogens with one attached hydrogen (secondary N) is 2. The number of hydrogen-bond donors (Lipinski definition) is 3. The predicted molar refractivity (Wildman–Crippen MR) is 86.1 cm³/mol. The molecule has 2 amide bonds. The van der Waals surface area contributed by atoms with E-state index in [0.717, 1.165) is 29.7 Å². The zero-order valence-electron chi connectivity index (χ0n) is 12.5. The summed E-state index contributed by atoms with van der Waals surface area (Å²) in [6, 6.07) is 5.90. The van der Waals surface area contributed by atoms with Gasteiger partial charge in [-0.25, -0.2) is 4.79 Å². The molecule has 0 aliphatic heterocycles. The molecule has 1 aliphatic carbocycles. The third-order valence-corrected chi connectivity index (χ3v) is 3.75. The van der Waals surface area contributed by atoms with E-state index in [2.05, 4.69) is 22.5 Å². The van der Waals surface area contributed by atoms with E-state index in [9.17, 15) is 4.79 Å². The molecule has 4 heteroatoms. The van der Waals surface area contributed by atoms with Gasteiger partial charge in [0.15, 0.2) is 0 Å². The van der Waals surface area contributed by atoms with E-state index >= 15 is 0 Å². The molecular formula is C17H23N3O. The monoisotopic (exact) mass is 285 g/mol. The number of hydrogen-bond acceptors (Lipinski definition) is 2. The number of nitrogens with two attached hydrogens (primary N) is 1. The van der Waals surface area contributed by atoms with Gasteiger partial charge >= 0.3 is 6.03 Å². The highest BCUT2D eigenvalue weighted by Gasteiger charge is 2.15. The van der Waals surface area contributed by atoms with Crippen LogP contribution in [-0.2, 0) is 0 Å². The maximum absolute atomic E-state index is 12.0. The number of carbonyl (C=O) groups excluding carboxylic acids is 1. The van der Waals surface area contributed by atoms with Crippen molar-refractivity contribution in [3.63, 3.8) is 0 Å². The SMILES string of the molecule is Cc1cc(NC(=O)NC2CCCCC2)ccc1C#CCN. The normalized spacial score (nSPS) is 15.0. The van der Waals surface area contributed by atoms with E-state index < -0.39 is 0 Å². The molecule has 1 aliphatic rings. The summed E-state index contributed by atoms with van der Waals surface area (Å²) in [6.07, 6.45) is 5.86. The van der Waals surface area contributed by atoms with E-state index in [1.54, 1.807) is 0 Å². The maximum atomic E-state index is 12.0.